The summed E-state index contributed by atoms with van der Waals surface area (Å²) >= 11 is 12.3. The maximum Gasteiger partial charge on any atom is 0.506 e. The number of benzene rings is 3. The molecule has 192 valence electrons. The Morgan fingerprint density at radius 3 is 2.39 bits per heavy atom. The zero-order valence-corrected chi connectivity index (χ0v) is 21.2. The van der Waals surface area contributed by atoms with Gasteiger partial charge in [-0.2, -0.15) is 0 Å². The fourth-order valence-corrected chi connectivity index (χ4v) is 4.29. The molecule has 1 amide bonds. The average molecular weight is 551 g/mol. The molecule has 1 atom stereocenters. The molecule has 0 saturated carbocycles. The van der Waals surface area contributed by atoms with Crippen LogP contribution in [0, 0.1) is 0 Å². The molecule has 1 unspecified atom stereocenters. The Morgan fingerprint density at radius 1 is 0.974 bits per heavy atom. The number of pyridine rings is 1. The first-order chi connectivity index (χ1) is 18.4. The van der Waals surface area contributed by atoms with Gasteiger partial charge in [-0.25, -0.2) is 9.78 Å². The normalized spacial score (nSPS) is 14.1. The smallest absolute Gasteiger partial charge is 0.493 e. The molecule has 2 N–H and O–H groups in total. The lowest BCUT2D eigenvalue weighted by Gasteiger charge is -2.25. The number of carbonyl (C=O) groups is 2. The van der Waals surface area contributed by atoms with Crippen molar-refractivity contribution in [2.75, 3.05) is 11.9 Å². The number of aromatic nitrogens is 1. The monoisotopic (exact) mass is 550 g/mol. The Labute approximate surface area is 227 Å². The van der Waals surface area contributed by atoms with Gasteiger partial charge in [0.05, 0.1) is 11.6 Å². The number of hydrogen-bond donors (Lipinski definition) is 2. The summed E-state index contributed by atoms with van der Waals surface area (Å²) in [5.41, 5.74) is 2.82. The standard InChI is InChI=1S/C28H20Cl2N2O6/c29-19-6-1-16(2-7-19)18-5-10-26(31-15-18)32-27(33)17-3-8-20(9-4-17)37-25-14-24-21(13-22(25)30)23(11-12-36-24)38-28(34)35/h1-10,13-15,23H,11-12H2,(H,34,35)(H,31,32,33). The van der Waals surface area contributed by atoms with E-state index < -0.39 is 12.3 Å². The highest BCUT2D eigenvalue weighted by atomic mass is 35.5. The zero-order chi connectivity index (χ0) is 26.6. The zero-order valence-electron chi connectivity index (χ0n) is 19.7. The van der Waals surface area contributed by atoms with Gasteiger partial charge in [-0.05, 0) is 60.2 Å². The minimum atomic E-state index is -1.37. The van der Waals surface area contributed by atoms with Crippen molar-refractivity contribution in [2.24, 2.45) is 0 Å². The molecule has 0 bridgehead atoms. The van der Waals surface area contributed by atoms with E-state index in [1.165, 1.54) is 0 Å². The van der Waals surface area contributed by atoms with E-state index in [1.807, 2.05) is 18.2 Å². The Hall–Kier alpha value is -4.27. The summed E-state index contributed by atoms with van der Waals surface area (Å²) in [4.78, 5) is 28.0. The van der Waals surface area contributed by atoms with Gasteiger partial charge >= 0.3 is 6.16 Å². The van der Waals surface area contributed by atoms with Gasteiger partial charge in [-0.3, -0.25) is 4.79 Å². The molecule has 3 aromatic carbocycles. The molecule has 10 heteroatoms. The molecule has 0 aliphatic carbocycles. The number of nitrogens with one attached hydrogen (secondary N) is 1. The SMILES string of the molecule is O=C(O)OC1CCOc2cc(Oc3ccc(C(=O)Nc4ccc(-c5ccc(Cl)cc5)cn4)cc3)c(Cl)cc21. The molecule has 1 aliphatic rings. The molecule has 0 spiro atoms. The van der Waals surface area contributed by atoms with Crippen molar-refractivity contribution < 1.29 is 28.9 Å². The summed E-state index contributed by atoms with van der Waals surface area (Å²) in [6.45, 7) is 0.300. The number of carbonyl (C=O) groups excluding carboxylic acids is 1. The first kappa shape index (κ1) is 25.4. The largest absolute Gasteiger partial charge is 0.506 e. The van der Waals surface area contributed by atoms with Crippen molar-refractivity contribution in [1.29, 1.82) is 0 Å². The third-order valence-electron chi connectivity index (χ3n) is 5.82. The van der Waals surface area contributed by atoms with Crippen LogP contribution in [0.5, 0.6) is 17.2 Å². The molecular formula is C28H20Cl2N2O6. The van der Waals surface area contributed by atoms with E-state index in [2.05, 4.69) is 10.3 Å². The number of hydrogen-bond acceptors (Lipinski definition) is 6. The number of carboxylic acid groups (broad SMARTS) is 1. The average Bonchev–Trinajstić information content (AvgIpc) is 2.91. The number of ether oxygens (including phenoxy) is 3. The molecule has 4 aromatic rings. The Bertz CT molecular complexity index is 1480. The van der Waals surface area contributed by atoms with E-state index in [0.717, 1.165) is 11.1 Å². The van der Waals surface area contributed by atoms with Crippen LogP contribution in [0.3, 0.4) is 0 Å². The van der Waals surface area contributed by atoms with Crippen LogP contribution in [0.2, 0.25) is 10.0 Å². The number of anilines is 1. The van der Waals surface area contributed by atoms with E-state index in [1.54, 1.807) is 60.8 Å². The van der Waals surface area contributed by atoms with Gasteiger partial charge in [0.2, 0.25) is 0 Å². The molecule has 5 rings (SSSR count). The molecule has 1 aliphatic heterocycles. The van der Waals surface area contributed by atoms with Crippen LogP contribution in [-0.2, 0) is 4.74 Å². The molecular weight excluding hydrogens is 531 g/mol. The maximum absolute atomic E-state index is 12.7. The molecule has 1 aromatic heterocycles. The highest BCUT2D eigenvalue weighted by molar-refractivity contribution is 6.32. The van der Waals surface area contributed by atoms with E-state index in [4.69, 9.17) is 42.5 Å². The Morgan fingerprint density at radius 2 is 1.71 bits per heavy atom. The summed E-state index contributed by atoms with van der Waals surface area (Å²) in [6.07, 6.45) is 0.0389. The number of rotatable bonds is 6. The first-order valence-corrected chi connectivity index (χ1v) is 12.3. The van der Waals surface area contributed by atoms with Gasteiger partial charge in [0.1, 0.15) is 29.2 Å². The van der Waals surface area contributed by atoms with Crippen molar-refractivity contribution in [3.63, 3.8) is 0 Å². The fraction of sp³-hybridized carbons (Fsp3) is 0.107. The maximum atomic E-state index is 12.7. The van der Waals surface area contributed by atoms with Crippen molar-refractivity contribution in [2.45, 2.75) is 12.5 Å². The lowest BCUT2D eigenvalue weighted by Crippen LogP contribution is -2.18. The van der Waals surface area contributed by atoms with Crippen molar-refractivity contribution in [3.05, 3.63) is 100 Å². The van der Waals surface area contributed by atoms with Gasteiger partial charge in [-0.1, -0.05) is 35.3 Å². The number of fused-ring (bicyclic) bond motifs is 1. The van der Waals surface area contributed by atoms with Crippen LogP contribution < -0.4 is 14.8 Å². The summed E-state index contributed by atoms with van der Waals surface area (Å²) in [7, 11) is 0. The Balaban J connectivity index is 1.24. The summed E-state index contributed by atoms with van der Waals surface area (Å²) in [6, 6.07) is 20.7. The molecule has 0 saturated heterocycles. The van der Waals surface area contributed by atoms with E-state index in [-0.39, 0.29) is 10.9 Å². The molecule has 38 heavy (non-hydrogen) atoms. The van der Waals surface area contributed by atoms with Crippen LogP contribution in [-0.4, -0.2) is 28.8 Å². The van der Waals surface area contributed by atoms with Crippen LogP contribution in [0.1, 0.15) is 28.4 Å². The Kier molecular flexibility index (Phi) is 7.35. The number of nitrogens with zero attached hydrogens (tertiary/aromatic N) is 1. The van der Waals surface area contributed by atoms with Crippen LogP contribution in [0.25, 0.3) is 11.1 Å². The summed E-state index contributed by atoms with van der Waals surface area (Å²) in [5.74, 6) is 1.30. The topological polar surface area (TPSA) is 107 Å². The minimum Gasteiger partial charge on any atom is -0.493 e. The quantitative estimate of drug-likeness (QED) is 0.238. The second kappa shape index (κ2) is 11.0. The fourth-order valence-electron chi connectivity index (χ4n) is 3.95. The predicted molar refractivity (Wildman–Crippen MR) is 143 cm³/mol. The van der Waals surface area contributed by atoms with Crippen molar-refractivity contribution in [3.8, 4) is 28.4 Å². The van der Waals surface area contributed by atoms with Gasteiger partial charge in [0.25, 0.3) is 5.91 Å². The lowest BCUT2D eigenvalue weighted by atomic mass is 10.0. The highest BCUT2D eigenvalue weighted by Crippen LogP contribution is 2.42. The summed E-state index contributed by atoms with van der Waals surface area (Å²) < 4.78 is 16.5. The third-order valence-corrected chi connectivity index (χ3v) is 6.37. The van der Waals surface area contributed by atoms with Crippen LogP contribution in [0.15, 0.2) is 79.0 Å². The molecule has 0 radical (unpaired) electrons. The van der Waals surface area contributed by atoms with E-state index in [0.29, 0.717) is 52.2 Å². The van der Waals surface area contributed by atoms with E-state index in [9.17, 15) is 9.59 Å². The second-order valence-corrected chi connectivity index (χ2v) is 9.19. The van der Waals surface area contributed by atoms with Gasteiger partial charge in [0, 0.05) is 40.4 Å². The molecule has 0 fully saturated rings. The first-order valence-electron chi connectivity index (χ1n) is 11.5. The van der Waals surface area contributed by atoms with Crippen molar-refractivity contribution in [1.82, 2.24) is 4.98 Å². The minimum absolute atomic E-state index is 0.267. The van der Waals surface area contributed by atoms with Gasteiger partial charge in [-0.15, -0.1) is 0 Å². The van der Waals surface area contributed by atoms with Crippen LogP contribution >= 0.6 is 23.2 Å². The molecule has 8 nitrogen and oxygen atoms in total. The number of amides is 1. The van der Waals surface area contributed by atoms with Gasteiger partial charge < -0.3 is 24.6 Å². The van der Waals surface area contributed by atoms with Crippen molar-refractivity contribution >= 4 is 41.1 Å². The summed E-state index contributed by atoms with van der Waals surface area (Å²) in [5, 5.41) is 12.7. The third kappa shape index (κ3) is 5.82. The lowest BCUT2D eigenvalue weighted by molar-refractivity contribution is 0.0326. The van der Waals surface area contributed by atoms with Gasteiger partial charge in [0.15, 0.2) is 0 Å². The second-order valence-electron chi connectivity index (χ2n) is 8.35. The van der Waals surface area contributed by atoms with E-state index >= 15 is 0 Å². The number of halogens is 2. The molecule has 2 heterocycles. The highest BCUT2D eigenvalue weighted by Gasteiger charge is 2.27. The van der Waals surface area contributed by atoms with Crippen LogP contribution in [0.4, 0.5) is 10.6 Å². The predicted octanol–water partition coefficient (Wildman–Crippen LogP) is 7.62.